The van der Waals surface area contributed by atoms with Crippen LogP contribution in [0.3, 0.4) is 0 Å². The molecule has 1 unspecified atom stereocenters. The molecule has 4 nitrogen and oxygen atoms in total. The highest BCUT2D eigenvalue weighted by Crippen LogP contribution is 2.39. The molecule has 0 amide bonds. The molecule has 1 aliphatic carbocycles. The molecule has 0 spiro atoms. The zero-order valence-corrected chi connectivity index (χ0v) is 20.0. The molecule has 0 saturated carbocycles. The Hall–Kier alpha value is -2.18. The van der Waals surface area contributed by atoms with Gasteiger partial charge in [-0.15, -0.1) is 0 Å². The van der Waals surface area contributed by atoms with Crippen molar-refractivity contribution in [1.82, 2.24) is 4.72 Å². The second-order valence-electron chi connectivity index (χ2n) is 8.17. The highest BCUT2D eigenvalue weighted by Gasteiger charge is 2.29. The minimum absolute atomic E-state index is 0.0709. The lowest BCUT2D eigenvalue weighted by Gasteiger charge is -2.26. The fourth-order valence-electron chi connectivity index (χ4n) is 3.27. The number of carbonyl (C=O) groups is 1. The van der Waals surface area contributed by atoms with Gasteiger partial charge in [0, 0.05) is 22.2 Å². The Balaban J connectivity index is 2.00. The molecule has 1 aliphatic rings. The minimum Gasteiger partial charge on any atom is -0.497 e. The number of ether oxygens (including phenoxy) is 1. The van der Waals surface area contributed by atoms with Crippen LogP contribution in [0.15, 0.2) is 70.9 Å². The van der Waals surface area contributed by atoms with Crippen LogP contribution in [0.25, 0.3) is 5.57 Å². The molecule has 0 fully saturated rings. The number of nitrogens with one attached hydrogen (secondary N) is 1. The minimum atomic E-state index is -1.30. The number of hydrogen-bond acceptors (Lipinski definition) is 3. The van der Waals surface area contributed by atoms with Crippen LogP contribution in [0.5, 0.6) is 5.75 Å². The highest BCUT2D eigenvalue weighted by molar-refractivity contribution is 9.10. The predicted octanol–water partition coefficient (Wildman–Crippen LogP) is 5.53. The first-order valence-corrected chi connectivity index (χ1v) is 11.7. The van der Waals surface area contributed by atoms with Gasteiger partial charge in [-0.2, -0.15) is 0 Å². The maximum Gasteiger partial charge on any atom is 0.184 e. The molecule has 2 aromatic carbocycles. The second kappa shape index (κ2) is 9.31. The van der Waals surface area contributed by atoms with Crippen LogP contribution >= 0.6 is 15.9 Å². The van der Waals surface area contributed by atoms with Crippen molar-refractivity contribution in [2.75, 3.05) is 7.11 Å². The van der Waals surface area contributed by atoms with Crippen molar-refractivity contribution in [2.24, 2.45) is 0 Å². The number of carbonyl (C=O) groups excluding carboxylic acids is 1. The number of methoxy groups -OCH3 is 1. The molecule has 30 heavy (non-hydrogen) atoms. The van der Waals surface area contributed by atoms with Crippen LogP contribution in [-0.2, 0) is 15.8 Å². The van der Waals surface area contributed by atoms with E-state index in [0.29, 0.717) is 12.0 Å². The lowest BCUT2D eigenvalue weighted by molar-refractivity contribution is -0.111. The Kier molecular flexibility index (Phi) is 6.98. The summed E-state index contributed by atoms with van der Waals surface area (Å²) in [6, 6.07) is 15.7. The van der Waals surface area contributed by atoms with Gasteiger partial charge in [-0.3, -0.25) is 4.79 Å². The van der Waals surface area contributed by atoms with Gasteiger partial charge in [0.1, 0.15) is 16.7 Å². The summed E-state index contributed by atoms with van der Waals surface area (Å²) >= 11 is 3.46. The molecule has 0 aromatic heterocycles. The van der Waals surface area contributed by atoms with E-state index in [2.05, 4.69) is 20.7 Å². The third-order valence-corrected chi connectivity index (χ3v) is 6.97. The zero-order valence-electron chi connectivity index (χ0n) is 17.6. The third-order valence-electron chi connectivity index (χ3n) is 5.00. The van der Waals surface area contributed by atoms with Gasteiger partial charge in [0.15, 0.2) is 5.78 Å². The molecular formula is C24H26BrNO3S. The topological polar surface area (TPSA) is 55.4 Å². The molecule has 1 N–H and O–H groups in total. The molecule has 6 heteroatoms. The Morgan fingerprint density at radius 1 is 1.10 bits per heavy atom. The van der Waals surface area contributed by atoms with Crippen LogP contribution in [0.4, 0.5) is 0 Å². The number of allylic oxidation sites excluding steroid dienone is 3. The predicted molar refractivity (Wildman–Crippen MR) is 127 cm³/mol. The molecule has 158 valence electrons. The zero-order chi connectivity index (χ0) is 21.9. The van der Waals surface area contributed by atoms with E-state index in [1.807, 2.05) is 69.3 Å². The molecule has 0 aliphatic heterocycles. The normalized spacial score (nSPS) is 19.4. The van der Waals surface area contributed by atoms with Gasteiger partial charge in [-0.05, 0) is 74.2 Å². The molecule has 0 saturated heterocycles. The average molecular weight is 488 g/mol. The van der Waals surface area contributed by atoms with E-state index >= 15 is 0 Å². The Morgan fingerprint density at radius 3 is 2.30 bits per heavy atom. The van der Waals surface area contributed by atoms with Gasteiger partial charge >= 0.3 is 0 Å². The van der Waals surface area contributed by atoms with E-state index in [0.717, 1.165) is 26.9 Å². The number of hydrogen-bond donors (Lipinski definition) is 1. The van der Waals surface area contributed by atoms with E-state index in [9.17, 15) is 9.00 Å². The van der Waals surface area contributed by atoms with Crippen molar-refractivity contribution in [3.63, 3.8) is 0 Å². The quantitative estimate of drug-likeness (QED) is 0.563. The average Bonchev–Trinajstić information content (AvgIpc) is 2.72. The maximum absolute atomic E-state index is 13.1. The molecule has 0 heterocycles. The van der Waals surface area contributed by atoms with Crippen molar-refractivity contribution >= 4 is 38.3 Å². The summed E-state index contributed by atoms with van der Waals surface area (Å²) in [7, 11) is 0.327. The van der Waals surface area contributed by atoms with E-state index < -0.39 is 15.7 Å². The molecule has 2 aromatic rings. The fraction of sp³-hybridized carbons (Fsp3) is 0.292. The number of halogens is 1. The molecule has 2 atom stereocenters. The monoisotopic (exact) mass is 487 g/mol. The van der Waals surface area contributed by atoms with E-state index in [1.54, 1.807) is 19.4 Å². The van der Waals surface area contributed by atoms with Gasteiger partial charge in [0.05, 0.1) is 11.9 Å². The van der Waals surface area contributed by atoms with Crippen LogP contribution in [0, 0.1) is 0 Å². The van der Waals surface area contributed by atoms with Gasteiger partial charge in [0.25, 0.3) is 0 Å². The first-order chi connectivity index (χ1) is 14.2. The maximum atomic E-state index is 13.1. The highest BCUT2D eigenvalue weighted by atomic mass is 79.9. The van der Waals surface area contributed by atoms with Crippen LogP contribution in [-0.4, -0.2) is 21.8 Å². The first-order valence-electron chi connectivity index (χ1n) is 9.72. The van der Waals surface area contributed by atoms with Crippen molar-refractivity contribution < 1.29 is 13.7 Å². The lowest BCUT2D eigenvalue weighted by Crippen LogP contribution is -2.31. The summed E-state index contributed by atoms with van der Waals surface area (Å²) in [5.74, 6) is 0.553. The summed E-state index contributed by atoms with van der Waals surface area (Å²) in [6.07, 6.45) is 4.00. The second-order valence-corrected chi connectivity index (χ2v) is 11.1. The fourth-order valence-corrected chi connectivity index (χ4v) is 4.12. The number of ketones is 1. The summed E-state index contributed by atoms with van der Waals surface area (Å²) in [5, 5.41) is 0. The molecule has 0 bridgehead atoms. The lowest BCUT2D eigenvalue weighted by atomic mass is 9.78. The number of rotatable bonds is 5. The van der Waals surface area contributed by atoms with Gasteiger partial charge in [-0.1, -0.05) is 40.2 Å². The molecular weight excluding hydrogens is 462 g/mol. The first kappa shape index (κ1) is 22.5. The van der Waals surface area contributed by atoms with Crippen molar-refractivity contribution in [3.05, 3.63) is 82.0 Å². The van der Waals surface area contributed by atoms with E-state index in [-0.39, 0.29) is 11.7 Å². The van der Waals surface area contributed by atoms with Crippen molar-refractivity contribution in [1.29, 1.82) is 0 Å². The van der Waals surface area contributed by atoms with E-state index in [4.69, 9.17) is 4.74 Å². The number of benzene rings is 2. The summed E-state index contributed by atoms with van der Waals surface area (Å²) in [5.41, 5.74) is 3.64. The smallest absolute Gasteiger partial charge is 0.184 e. The van der Waals surface area contributed by atoms with Crippen molar-refractivity contribution in [3.8, 4) is 5.75 Å². The van der Waals surface area contributed by atoms with Gasteiger partial charge in [-0.25, -0.2) is 4.21 Å². The summed E-state index contributed by atoms with van der Waals surface area (Å²) in [4.78, 5) is 13.1. The Bertz CT molecular complexity index is 1000. The van der Waals surface area contributed by atoms with Gasteiger partial charge < -0.3 is 9.46 Å². The molecule has 0 radical (unpaired) electrons. The SMILES string of the molecule is COc1ccc([C@H]2CC(c3ccc(Br)cc3)=CC(=O)/C2=C/NS(=O)C(C)(C)C)cc1. The standard InChI is InChI=1S/C24H26BrNO3S/c1-24(2,3)30(28)26-15-22-21(17-7-11-20(29-4)12-8-17)13-18(14-23(22)27)16-5-9-19(25)10-6-16/h5-12,14-15,21,26H,13H2,1-4H3/b22-15+/t21-,30?/m1/s1. The van der Waals surface area contributed by atoms with Crippen LogP contribution < -0.4 is 9.46 Å². The van der Waals surface area contributed by atoms with Crippen LogP contribution in [0.2, 0.25) is 0 Å². The van der Waals surface area contributed by atoms with E-state index in [1.165, 1.54) is 0 Å². The van der Waals surface area contributed by atoms with Crippen molar-refractivity contribution in [2.45, 2.75) is 37.9 Å². The Labute approximate surface area is 189 Å². The molecule has 3 rings (SSSR count). The van der Waals surface area contributed by atoms with Crippen LogP contribution in [0.1, 0.15) is 44.2 Å². The Morgan fingerprint density at radius 2 is 1.73 bits per heavy atom. The summed E-state index contributed by atoms with van der Waals surface area (Å²) < 4.78 is 21.2. The largest absolute Gasteiger partial charge is 0.497 e. The van der Waals surface area contributed by atoms with Gasteiger partial charge in [0.2, 0.25) is 0 Å². The third kappa shape index (κ3) is 5.29. The summed E-state index contributed by atoms with van der Waals surface area (Å²) in [6.45, 7) is 5.68.